The van der Waals surface area contributed by atoms with E-state index < -0.39 is 10.9 Å². The SMILES string of the molecule is COC(=O)c1cccc(NCc2ccc(Sc3ccccc3N)c([N+](=O)[O-])c2)c1. The van der Waals surface area contributed by atoms with Crippen molar-refractivity contribution < 1.29 is 14.5 Å². The van der Waals surface area contributed by atoms with Gasteiger partial charge in [0.2, 0.25) is 0 Å². The molecule has 3 N–H and O–H groups in total. The molecule has 7 nitrogen and oxygen atoms in total. The molecular formula is C21H19N3O4S. The molecule has 0 aromatic heterocycles. The van der Waals surface area contributed by atoms with E-state index in [0.29, 0.717) is 28.4 Å². The number of nitrogen functional groups attached to an aromatic ring is 1. The van der Waals surface area contributed by atoms with Crippen LogP contribution in [0, 0.1) is 10.1 Å². The van der Waals surface area contributed by atoms with Gasteiger partial charge in [-0.3, -0.25) is 10.1 Å². The molecule has 148 valence electrons. The number of esters is 1. The van der Waals surface area contributed by atoms with Gasteiger partial charge in [0, 0.05) is 28.9 Å². The van der Waals surface area contributed by atoms with E-state index in [1.165, 1.54) is 18.9 Å². The second kappa shape index (κ2) is 9.11. The van der Waals surface area contributed by atoms with Crippen LogP contribution in [-0.4, -0.2) is 18.0 Å². The number of nitrogens with zero attached hydrogens (tertiary/aromatic N) is 1. The van der Waals surface area contributed by atoms with Crippen LogP contribution >= 0.6 is 11.8 Å². The van der Waals surface area contributed by atoms with E-state index >= 15 is 0 Å². The molecule has 0 aliphatic carbocycles. The first kappa shape index (κ1) is 20.2. The predicted octanol–water partition coefficient (Wildman–Crippen LogP) is 4.73. The molecule has 0 spiro atoms. The highest BCUT2D eigenvalue weighted by molar-refractivity contribution is 7.99. The van der Waals surface area contributed by atoms with Crippen LogP contribution in [0.1, 0.15) is 15.9 Å². The molecule has 3 aromatic rings. The van der Waals surface area contributed by atoms with Gasteiger partial charge in [0.1, 0.15) is 0 Å². The van der Waals surface area contributed by atoms with Crippen LogP contribution < -0.4 is 11.1 Å². The number of carbonyl (C=O) groups excluding carboxylic acids is 1. The lowest BCUT2D eigenvalue weighted by atomic mass is 10.1. The van der Waals surface area contributed by atoms with Gasteiger partial charge in [0.15, 0.2) is 0 Å². The summed E-state index contributed by atoms with van der Waals surface area (Å²) in [5, 5.41) is 14.7. The number of hydrogen-bond acceptors (Lipinski definition) is 7. The number of nitrogens with one attached hydrogen (secondary N) is 1. The molecule has 0 atom stereocenters. The average molecular weight is 409 g/mol. The van der Waals surface area contributed by atoms with Crippen molar-refractivity contribution >= 4 is 34.8 Å². The van der Waals surface area contributed by atoms with Gasteiger partial charge < -0.3 is 15.8 Å². The number of carbonyl (C=O) groups is 1. The van der Waals surface area contributed by atoms with Crippen LogP contribution in [0.4, 0.5) is 17.1 Å². The maximum Gasteiger partial charge on any atom is 0.337 e. The molecule has 0 saturated heterocycles. The molecule has 0 heterocycles. The number of nitro groups is 1. The third-order valence-electron chi connectivity index (χ3n) is 4.14. The Morgan fingerprint density at radius 1 is 1.10 bits per heavy atom. The second-order valence-electron chi connectivity index (χ2n) is 6.13. The van der Waals surface area contributed by atoms with Gasteiger partial charge in [-0.25, -0.2) is 4.79 Å². The number of ether oxygens (including phenoxy) is 1. The minimum atomic E-state index is -0.425. The van der Waals surface area contributed by atoms with Crippen LogP contribution in [0.2, 0.25) is 0 Å². The highest BCUT2D eigenvalue weighted by Crippen LogP contribution is 2.37. The summed E-state index contributed by atoms with van der Waals surface area (Å²) >= 11 is 1.26. The van der Waals surface area contributed by atoms with Crippen LogP contribution in [0.25, 0.3) is 0 Å². The second-order valence-corrected chi connectivity index (χ2v) is 7.21. The standard InChI is InChI=1S/C21H19N3O4S/c1-28-21(25)15-5-4-6-16(12-15)23-13-14-9-10-20(18(11-14)24(26)27)29-19-8-3-2-7-17(19)22/h2-12,23H,13,22H2,1H3. The molecule has 8 heteroatoms. The summed E-state index contributed by atoms with van der Waals surface area (Å²) < 4.78 is 4.71. The van der Waals surface area contributed by atoms with Crippen LogP contribution in [0.15, 0.2) is 76.5 Å². The van der Waals surface area contributed by atoms with Crippen molar-refractivity contribution in [2.45, 2.75) is 16.3 Å². The van der Waals surface area contributed by atoms with Crippen molar-refractivity contribution in [2.24, 2.45) is 0 Å². The van der Waals surface area contributed by atoms with Crippen LogP contribution in [-0.2, 0) is 11.3 Å². The number of hydrogen-bond donors (Lipinski definition) is 2. The molecule has 0 bridgehead atoms. The molecule has 0 aliphatic heterocycles. The smallest absolute Gasteiger partial charge is 0.337 e. The summed E-state index contributed by atoms with van der Waals surface area (Å²) in [6.07, 6.45) is 0. The van der Waals surface area contributed by atoms with E-state index in [1.54, 1.807) is 36.4 Å². The molecule has 0 saturated carbocycles. The Morgan fingerprint density at radius 3 is 2.62 bits per heavy atom. The fourth-order valence-electron chi connectivity index (χ4n) is 2.67. The van der Waals surface area contributed by atoms with Crippen molar-refractivity contribution in [3.63, 3.8) is 0 Å². The number of anilines is 2. The maximum atomic E-state index is 11.6. The van der Waals surface area contributed by atoms with Crippen LogP contribution in [0.5, 0.6) is 0 Å². The average Bonchev–Trinajstić information content (AvgIpc) is 2.74. The van der Waals surface area contributed by atoms with Gasteiger partial charge in [-0.15, -0.1) is 0 Å². The molecule has 3 aromatic carbocycles. The maximum absolute atomic E-state index is 11.6. The summed E-state index contributed by atoms with van der Waals surface area (Å²) in [4.78, 5) is 24.1. The monoisotopic (exact) mass is 409 g/mol. The topological polar surface area (TPSA) is 107 Å². The van der Waals surface area contributed by atoms with Crippen molar-refractivity contribution in [1.82, 2.24) is 0 Å². The van der Waals surface area contributed by atoms with E-state index in [2.05, 4.69) is 5.32 Å². The summed E-state index contributed by atoms with van der Waals surface area (Å²) in [5.74, 6) is -0.425. The Bertz CT molecular complexity index is 1060. The summed E-state index contributed by atoms with van der Waals surface area (Å²) in [6, 6.07) is 19.2. The Hall–Kier alpha value is -3.52. The predicted molar refractivity (Wildman–Crippen MR) is 113 cm³/mol. The van der Waals surface area contributed by atoms with Gasteiger partial charge in [-0.2, -0.15) is 0 Å². The number of nitrogens with two attached hydrogens (primary N) is 1. The number of rotatable bonds is 7. The third kappa shape index (κ3) is 5.05. The highest BCUT2D eigenvalue weighted by Gasteiger charge is 2.17. The van der Waals surface area contributed by atoms with E-state index in [4.69, 9.17) is 10.5 Å². The Kier molecular flexibility index (Phi) is 6.36. The van der Waals surface area contributed by atoms with Gasteiger partial charge in [-0.1, -0.05) is 36.0 Å². The van der Waals surface area contributed by atoms with Crippen molar-refractivity contribution in [3.8, 4) is 0 Å². The molecule has 0 unspecified atom stereocenters. The zero-order chi connectivity index (χ0) is 20.8. The Balaban J connectivity index is 1.78. The first-order valence-electron chi connectivity index (χ1n) is 8.70. The van der Waals surface area contributed by atoms with E-state index in [9.17, 15) is 14.9 Å². The molecule has 0 aliphatic rings. The molecule has 0 fully saturated rings. The zero-order valence-electron chi connectivity index (χ0n) is 15.6. The summed E-state index contributed by atoms with van der Waals surface area (Å²) in [6.45, 7) is 0.365. The summed E-state index contributed by atoms with van der Waals surface area (Å²) in [5.41, 5.74) is 8.42. The van der Waals surface area contributed by atoms with Crippen molar-refractivity contribution in [2.75, 3.05) is 18.2 Å². The zero-order valence-corrected chi connectivity index (χ0v) is 16.4. The Labute approximate surface area is 172 Å². The fraction of sp³-hybridized carbons (Fsp3) is 0.0952. The molecular weight excluding hydrogens is 390 g/mol. The van der Waals surface area contributed by atoms with Gasteiger partial charge >= 0.3 is 5.97 Å². The number of methoxy groups -OCH3 is 1. The number of benzene rings is 3. The first-order chi connectivity index (χ1) is 14.0. The van der Waals surface area contributed by atoms with Crippen LogP contribution in [0.3, 0.4) is 0 Å². The number of para-hydroxylation sites is 1. The fourth-order valence-corrected chi connectivity index (χ4v) is 3.62. The van der Waals surface area contributed by atoms with Gasteiger partial charge in [0.25, 0.3) is 5.69 Å². The van der Waals surface area contributed by atoms with Crippen molar-refractivity contribution in [1.29, 1.82) is 0 Å². The normalized spacial score (nSPS) is 10.4. The lowest BCUT2D eigenvalue weighted by Gasteiger charge is -2.10. The molecule has 29 heavy (non-hydrogen) atoms. The third-order valence-corrected chi connectivity index (χ3v) is 5.30. The molecule has 3 rings (SSSR count). The van der Waals surface area contributed by atoms with E-state index in [-0.39, 0.29) is 5.69 Å². The van der Waals surface area contributed by atoms with Crippen molar-refractivity contribution in [3.05, 3.63) is 88.0 Å². The molecule has 0 amide bonds. The largest absolute Gasteiger partial charge is 0.465 e. The minimum absolute atomic E-state index is 0.0147. The van der Waals surface area contributed by atoms with Gasteiger partial charge in [0.05, 0.1) is 22.5 Å². The van der Waals surface area contributed by atoms with E-state index in [1.807, 2.05) is 30.3 Å². The lowest BCUT2D eigenvalue weighted by Crippen LogP contribution is -2.04. The quantitative estimate of drug-likeness (QED) is 0.251. The minimum Gasteiger partial charge on any atom is -0.465 e. The van der Waals surface area contributed by atoms with Gasteiger partial charge in [-0.05, 0) is 42.0 Å². The van der Waals surface area contributed by atoms with E-state index in [0.717, 1.165) is 10.5 Å². The first-order valence-corrected chi connectivity index (χ1v) is 9.51. The summed E-state index contributed by atoms with van der Waals surface area (Å²) in [7, 11) is 1.32. The Morgan fingerprint density at radius 2 is 1.90 bits per heavy atom. The lowest BCUT2D eigenvalue weighted by molar-refractivity contribution is -0.387. The number of nitro benzene ring substituents is 1. The molecule has 0 radical (unpaired) electrons. The highest BCUT2D eigenvalue weighted by atomic mass is 32.2.